The van der Waals surface area contributed by atoms with Crippen LogP contribution in [0.4, 0.5) is 0 Å². The Hall–Kier alpha value is -1.75. The van der Waals surface area contributed by atoms with Crippen LogP contribution in [0.25, 0.3) is 0 Å². The van der Waals surface area contributed by atoms with Crippen molar-refractivity contribution in [2.45, 2.75) is 307 Å². The molecule has 0 bridgehead atoms. The average molecular weight is 1030 g/mol. The number of ether oxygens (including phenoxy) is 1. The molecule has 0 radical (unpaired) electrons. The molecule has 1 unspecified atom stereocenters. The second-order valence-corrected chi connectivity index (χ2v) is 18.5. The maximum absolute atomic E-state index is 10.6. The van der Waals surface area contributed by atoms with Crippen LogP contribution in [0.2, 0.25) is 0 Å². The third-order valence-electron chi connectivity index (χ3n) is 10.1. The van der Waals surface area contributed by atoms with Crippen LogP contribution in [0.3, 0.4) is 0 Å². The Morgan fingerprint density at radius 2 is 0.871 bits per heavy atom. The highest BCUT2D eigenvalue weighted by Gasteiger charge is 2.39. The summed E-state index contributed by atoms with van der Waals surface area (Å²) in [6.45, 7) is 24.6. The number of amides is 1. The number of nitrogens with one attached hydrogen (secondary N) is 1. The van der Waals surface area contributed by atoms with Gasteiger partial charge in [0.05, 0.1) is 19.3 Å². The first-order chi connectivity index (χ1) is 33.7. The van der Waals surface area contributed by atoms with Gasteiger partial charge in [-0.05, 0) is 39.2 Å². The van der Waals surface area contributed by atoms with E-state index in [2.05, 4.69) is 49.0 Å². The molecule has 0 rings (SSSR count). The molecule has 0 saturated heterocycles. The van der Waals surface area contributed by atoms with Gasteiger partial charge in [0.2, 0.25) is 5.91 Å². The standard InChI is InChI=1S/C17H36.C11H24.C9H16O.C7H13NO2.C6H17NO5P.C3H6O2.2C2H6/c1-3-5-7-9-11-13-15-17-16-14-12-10-8-6-4-2;1-3-5-7-9-11-10-8-6-4-2;1-2-3-4-5-6-7-8-9-10;1-6(9)4-3-5-7(10)8-2;1-3-11-13(8,9)12-5-6(7)4-10-2;1-2-3(4)5;2*1-2/h3-17H2,1-2H3;3-11H2,1-2H3;8H,2-7H2,1H3;3-5H2,1-2H3,(H,8,10);6,8-9H,3-5,7H2,1-2H3;2H2,1H3,(H,4,5);2*1-2H3/q;;;;+1;;;. The minimum Gasteiger partial charge on any atom is -0.481 e. The van der Waals surface area contributed by atoms with E-state index in [1.807, 2.05) is 27.7 Å². The van der Waals surface area contributed by atoms with Crippen molar-refractivity contribution in [3.63, 3.8) is 0 Å². The van der Waals surface area contributed by atoms with Crippen molar-refractivity contribution in [3.8, 4) is 0 Å². The summed E-state index contributed by atoms with van der Waals surface area (Å²) in [5.74, 6) is 1.18. The number of carboxylic acid groups (broad SMARTS) is 1. The minimum absolute atomic E-state index is 0.00116. The van der Waals surface area contributed by atoms with Crippen molar-refractivity contribution in [2.75, 3.05) is 34.0 Å². The van der Waals surface area contributed by atoms with Crippen LogP contribution in [0.1, 0.15) is 301 Å². The normalized spacial score (nSPS) is 10.2. The van der Waals surface area contributed by atoms with Gasteiger partial charge in [-0.1, -0.05) is 249 Å². The van der Waals surface area contributed by atoms with Gasteiger partial charge in [0.25, 0.3) is 0 Å². The second kappa shape index (κ2) is 84.1. The number of carbonyl (C=O) groups is 3. The summed E-state index contributed by atoms with van der Waals surface area (Å²) in [6.07, 6.45) is 45.5. The number of aliphatic carboxylic acids is 1. The van der Waals surface area contributed by atoms with Crippen LogP contribution in [0.5, 0.6) is 0 Å². The lowest BCUT2D eigenvalue weighted by Gasteiger charge is -2.11. The molecule has 0 aliphatic heterocycles. The Morgan fingerprint density at radius 1 is 0.557 bits per heavy atom. The van der Waals surface area contributed by atoms with Crippen molar-refractivity contribution in [3.05, 3.63) is 6.08 Å². The van der Waals surface area contributed by atoms with E-state index in [0.717, 1.165) is 12.8 Å². The summed E-state index contributed by atoms with van der Waals surface area (Å²) in [6, 6.07) is -0.385. The predicted molar refractivity (Wildman–Crippen MR) is 305 cm³/mol. The summed E-state index contributed by atoms with van der Waals surface area (Å²) in [7, 11) is -0.560. The fraction of sp³-hybridized carbons (Fsp3) is 0.912. The zero-order valence-electron chi connectivity index (χ0n) is 49.0. The number of unbranched alkanes of at least 4 members (excludes halogenated alkanes) is 27. The molecule has 0 aliphatic rings. The molecule has 6 N–H and O–H groups in total. The lowest BCUT2D eigenvalue weighted by Crippen LogP contribution is -2.31. The molecule has 70 heavy (non-hydrogen) atoms. The highest BCUT2D eigenvalue weighted by atomic mass is 31.2. The van der Waals surface area contributed by atoms with Gasteiger partial charge in [-0.15, -0.1) is 0 Å². The Bertz CT molecular complexity index is 963. The van der Waals surface area contributed by atoms with Crippen LogP contribution in [0.15, 0.2) is 6.08 Å². The Balaban J connectivity index is -0.000000111. The number of Topliss-reactive ketones (excluding diaryl/α,β-unsaturated/α-hetero) is 1. The zero-order chi connectivity index (χ0) is 55.2. The number of rotatable bonds is 40. The van der Waals surface area contributed by atoms with E-state index in [-0.39, 0.29) is 37.4 Å². The molecular weight excluding hydrogens is 904 g/mol. The summed E-state index contributed by atoms with van der Waals surface area (Å²) >= 11 is 0. The van der Waals surface area contributed by atoms with Crippen molar-refractivity contribution in [2.24, 2.45) is 5.73 Å². The number of hydrogen-bond donors (Lipinski definition) is 5. The maximum Gasteiger partial charge on any atom is 0.570 e. The first kappa shape index (κ1) is 85.0. The van der Waals surface area contributed by atoms with E-state index in [1.54, 1.807) is 32.9 Å². The highest BCUT2D eigenvalue weighted by Crippen LogP contribution is 2.52. The summed E-state index contributed by atoms with van der Waals surface area (Å²) in [5.41, 5.74) is 5.48. The van der Waals surface area contributed by atoms with Gasteiger partial charge in [0.1, 0.15) is 18.3 Å². The highest BCUT2D eigenvalue weighted by molar-refractivity contribution is 7.54. The topological polar surface area (TPSA) is 195 Å². The van der Waals surface area contributed by atoms with Crippen LogP contribution in [-0.2, 0) is 33.0 Å². The summed E-state index contributed by atoms with van der Waals surface area (Å²) < 4.78 is 14.0. The number of methoxy groups -OCH3 is 1. The van der Waals surface area contributed by atoms with E-state index in [4.69, 9.17) is 25.4 Å². The fourth-order valence-electron chi connectivity index (χ4n) is 6.02. The molecule has 1 amide bonds. The molecule has 0 aromatic rings. The monoisotopic (exact) mass is 1030 g/mol. The molecule has 0 aromatic heterocycles. The largest absolute Gasteiger partial charge is 0.570 e. The Morgan fingerprint density at radius 3 is 1.11 bits per heavy atom. The van der Waals surface area contributed by atoms with Gasteiger partial charge in [-0.3, -0.25) is 9.59 Å². The van der Waals surface area contributed by atoms with Gasteiger partial charge < -0.3 is 25.7 Å². The average Bonchev–Trinajstić information content (AvgIpc) is 3.35. The minimum atomic E-state index is -3.66. The number of nitrogens with two attached hydrogens (primary N) is 1. The summed E-state index contributed by atoms with van der Waals surface area (Å²) in [4.78, 5) is 58.1. The van der Waals surface area contributed by atoms with Gasteiger partial charge in [0.15, 0.2) is 0 Å². The van der Waals surface area contributed by atoms with Gasteiger partial charge in [-0.25, -0.2) is 4.79 Å². The number of carbonyl (C=O) groups excluding carboxylic acids is 3. The number of hydrogen-bond acceptors (Lipinski definition) is 10. The molecular formula is C57H124N2O10P+. The van der Waals surface area contributed by atoms with Crippen molar-refractivity contribution < 1.29 is 47.9 Å². The molecule has 0 aliphatic carbocycles. The quantitative estimate of drug-likeness (QED) is 0.0223. The predicted octanol–water partition coefficient (Wildman–Crippen LogP) is 16.8. The first-order valence-electron chi connectivity index (χ1n) is 28.7. The number of allylic oxidation sites excluding steroid dienone is 1. The molecule has 0 spiro atoms. The van der Waals surface area contributed by atoms with E-state index < -0.39 is 14.1 Å². The van der Waals surface area contributed by atoms with Gasteiger partial charge in [0, 0.05) is 33.4 Å². The molecule has 0 fully saturated rings. The lowest BCUT2D eigenvalue weighted by molar-refractivity contribution is -0.136. The van der Waals surface area contributed by atoms with E-state index >= 15 is 0 Å². The fourth-order valence-corrected chi connectivity index (χ4v) is 6.82. The van der Waals surface area contributed by atoms with Crippen molar-refractivity contribution in [1.29, 1.82) is 0 Å². The SMILES string of the molecule is CC.CC.CCC(=O)O.CCCCCCCC=C=O.CCCCCCCCCCC.CCCCCCCCCCCCCCCCC.CCO[P+](O)(O)OCC(N)COC.CNC(=O)CCCC(C)=O. The lowest BCUT2D eigenvalue weighted by atomic mass is 10.0. The van der Waals surface area contributed by atoms with Gasteiger partial charge in [-0.2, -0.15) is 18.8 Å². The molecule has 0 aromatic carbocycles. The van der Waals surface area contributed by atoms with Crippen molar-refractivity contribution >= 4 is 31.8 Å². The molecule has 1 atom stereocenters. The number of ketones is 1. The van der Waals surface area contributed by atoms with Crippen LogP contribution >= 0.6 is 8.17 Å². The van der Waals surface area contributed by atoms with E-state index in [0.29, 0.717) is 25.9 Å². The third kappa shape index (κ3) is 112. The number of carboxylic acids is 1. The Labute approximate surface area is 436 Å². The third-order valence-corrected chi connectivity index (χ3v) is 11.2. The van der Waals surface area contributed by atoms with E-state index in [1.165, 1.54) is 194 Å². The second-order valence-electron chi connectivity index (χ2n) is 17.0. The Kier molecular flexibility index (Phi) is 102. The smallest absolute Gasteiger partial charge is 0.481 e. The molecule has 12 nitrogen and oxygen atoms in total. The molecule has 426 valence electrons. The van der Waals surface area contributed by atoms with Crippen LogP contribution in [-0.4, -0.2) is 78.5 Å². The molecule has 13 heteroatoms. The maximum atomic E-state index is 10.6. The zero-order valence-corrected chi connectivity index (χ0v) is 49.9. The molecule has 0 heterocycles. The van der Waals surface area contributed by atoms with Crippen LogP contribution in [0, 0.1) is 0 Å². The summed E-state index contributed by atoms with van der Waals surface area (Å²) in [5, 5.41) is 10.2. The van der Waals surface area contributed by atoms with Crippen molar-refractivity contribution in [1.82, 2.24) is 5.32 Å². The molecule has 0 saturated carbocycles. The van der Waals surface area contributed by atoms with E-state index in [9.17, 15) is 19.2 Å². The van der Waals surface area contributed by atoms with Gasteiger partial charge >= 0.3 is 14.1 Å². The van der Waals surface area contributed by atoms with Crippen LogP contribution < -0.4 is 11.1 Å². The first-order valence-corrected chi connectivity index (χ1v) is 30.2.